The summed E-state index contributed by atoms with van der Waals surface area (Å²) in [5.41, 5.74) is 0.601. The van der Waals surface area contributed by atoms with Crippen LogP contribution in [0.25, 0.3) is 0 Å². The standard InChI is InChI=1S/C11H15IOSi/c12-9-4-6-10(7-5-9)14-11-3-1-2-8-13-11/h4-7,11H,1-3,8,14H2. The lowest BCUT2D eigenvalue weighted by atomic mass is 10.2. The molecular weight excluding hydrogens is 303 g/mol. The third-order valence-electron chi connectivity index (χ3n) is 2.65. The molecule has 0 aliphatic carbocycles. The monoisotopic (exact) mass is 318 g/mol. The Bertz CT molecular complexity index is 280. The van der Waals surface area contributed by atoms with Gasteiger partial charge in [0.05, 0.1) is 9.52 Å². The fraction of sp³-hybridized carbons (Fsp3) is 0.455. The molecule has 0 N–H and O–H groups in total. The van der Waals surface area contributed by atoms with Crippen molar-refractivity contribution in [1.29, 1.82) is 0 Å². The summed E-state index contributed by atoms with van der Waals surface area (Å²) in [5, 5.41) is 1.54. The molecule has 1 heterocycles. The van der Waals surface area contributed by atoms with E-state index in [1.165, 1.54) is 28.0 Å². The van der Waals surface area contributed by atoms with Crippen LogP contribution in [0.1, 0.15) is 19.3 Å². The molecule has 3 heteroatoms. The van der Waals surface area contributed by atoms with Crippen LogP contribution < -0.4 is 5.19 Å². The van der Waals surface area contributed by atoms with Gasteiger partial charge < -0.3 is 4.74 Å². The van der Waals surface area contributed by atoms with E-state index in [1.54, 1.807) is 0 Å². The number of halogens is 1. The molecule has 1 saturated heterocycles. The van der Waals surface area contributed by atoms with E-state index >= 15 is 0 Å². The molecule has 1 atom stereocenters. The van der Waals surface area contributed by atoms with Crippen molar-refractivity contribution in [3.63, 3.8) is 0 Å². The Labute approximate surface area is 101 Å². The van der Waals surface area contributed by atoms with E-state index in [4.69, 9.17) is 4.74 Å². The maximum absolute atomic E-state index is 5.77. The fourth-order valence-electron chi connectivity index (χ4n) is 1.85. The van der Waals surface area contributed by atoms with Crippen molar-refractivity contribution in [2.75, 3.05) is 6.61 Å². The predicted molar refractivity (Wildman–Crippen MR) is 70.9 cm³/mol. The summed E-state index contributed by atoms with van der Waals surface area (Å²) in [6.07, 6.45) is 3.91. The lowest BCUT2D eigenvalue weighted by molar-refractivity contribution is 0.0660. The fourth-order valence-corrected chi connectivity index (χ4v) is 4.02. The van der Waals surface area contributed by atoms with Gasteiger partial charge in [0, 0.05) is 15.9 Å². The highest BCUT2D eigenvalue weighted by Gasteiger charge is 2.14. The van der Waals surface area contributed by atoms with Crippen molar-refractivity contribution in [2.24, 2.45) is 0 Å². The van der Waals surface area contributed by atoms with E-state index in [9.17, 15) is 0 Å². The second-order valence-corrected chi connectivity index (χ2v) is 7.20. The van der Waals surface area contributed by atoms with E-state index in [-0.39, 0.29) is 9.52 Å². The summed E-state index contributed by atoms with van der Waals surface area (Å²) in [5.74, 6) is 0. The van der Waals surface area contributed by atoms with Crippen LogP contribution in [-0.2, 0) is 4.74 Å². The summed E-state index contributed by atoms with van der Waals surface area (Å²) in [6, 6.07) is 8.94. The molecule has 0 bridgehead atoms. The molecule has 1 aromatic rings. The molecule has 0 aromatic heterocycles. The Balaban J connectivity index is 1.92. The molecule has 1 nitrogen and oxygen atoms in total. The number of hydrogen-bond donors (Lipinski definition) is 0. The Morgan fingerprint density at radius 3 is 2.64 bits per heavy atom. The van der Waals surface area contributed by atoms with E-state index < -0.39 is 0 Å². The van der Waals surface area contributed by atoms with Gasteiger partial charge in [0.25, 0.3) is 0 Å². The van der Waals surface area contributed by atoms with E-state index in [0.717, 1.165) is 6.61 Å². The number of benzene rings is 1. The maximum Gasteiger partial charge on any atom is 0.0887 e. The minimum Gasteiger partial charge on any atom is -0.382 e. The Kier molecular flexibility index (Phi) is 4.01. The lowest BCUT2D eigenvalue weighted by Gasteiger charge is -2.22. The summed E-state index contributed by atoms with van der Waals surface area (Å²) < 4.78 is 7.10. The summed E-state index contributed by atoms with van der Waals surface area (Å²) >= 11 is 2.35. The largest absolute Gasteiger partial charge is 0.382 e. The van der Waals surface area contributed by atoms with Crippen LogP contribution in [0.2, 0.25) is 0 Å². The number of ether oxygens (including phenoxy) is 1. The first-order valence-electron chi connectivity index (χ1n) is 5.20. The van der Waals surface area contributed by atoms with Gasteiger partial charge in [-0.05, 0) is 54.0 Å². The molecule has 0 amide bonds. The van der Waals surface area contributed by atoms with Crippen molar-refractivity contribution >= 4 is 37.3 Å². The summed E-state index contributed by atoms with van der Waals surface area (Å²) in [4.78, 5) is 0. The average Bonchev–Trinajstić information content (AvgIpc) is 2.23. The second kappa shape index (κ2) is 5.28. The van der Waals surface area contributed by atoms with Gasteiger partial charge in [-0.25, -0.2) is 0 Å². The van der Waals surface area contributed by atoms with E-state index in [2.05, 4.69) is 46.9 Å². The van der Waals surface area contributed by atoms with Crippen molar-refractivity contribution in [3.05, 3.63) is 27.8 Å². The highest BCUT2D eigenvalue weighted by atomic mass is 127. The molecule has 1 unspecified atom stereocenters. The van der Waals surface area contributed by atoms with Gasteiger partial charge in [0.1, 0.15) is 0 Å². The first-order valence-corrected chi connectivity index (χ1v) is 7.81. The Morgan fingerprint density at radius 2 is 2.00 bits per heavy atom. The molecule has 1 aromatic carbocycles. The molecule has 1 aliphatic rings. The summed E-state index contributed by atoms with van der Waals surface area (Å²) in [7, 11) is -0.199. The van der Waals surface area contributed by atoms with Crippen LogP contribution in [0.3, 0.4) is 0 Å². The van der Waals surface area contributed by atoms with Crippen molar-refractivity contribution < 1.29 is 4.74 Å². The molecule has 0 radical (unpaired) electrons. The van der Waals surface area contributed by atoms with Gasteiger partial charge in [0.2, 0.25) is 0 Å². The van der Waals surface area contributed by atoms with Crippen molar-refractivity contribution in [1.82, 2.24) is 0 Å². The minimum absolute atomic E-state index is 0.199. The van der Waals surface area contributed by atoms with E-state index in [0.29, 0.717) is 5.73 Å². The van der Waals surface area contributed by atoms with Gasteiger partial charge in [-0.15, -0.1) is 0 Å². The van der Waals surface area contributed by atoms with Gasteiger partial charge >= 0.3 is 0 Å². The third kappa shape index (κ3) is 3.07. The molecule has 14 heavy (non-hydrogen) atoms. The van der Waals surface area contributed by atoms with E-state index in [1.807, 2.05) is 0 Å². The van der Waals surface area contributed by atoms with Crippen LogP contribution in [0.5, 0.6) is 0 Å². The lowest BCUT2D eigenvalue weighted by Crippen LogP contribution is -2.33. The summed E-state index contributed by atoms with van der Waals surface area (Å²) in [6.45, 7) is 0.988. The van der Waals surface area contributed by atoms with Crippen molar-refractivity contribution in [3.8, 4) is 0 Å². The molecule has 2 rings (SSSR count). The van der Waals surface area contributed by atoms with Crippen LogP contribution in [-0.4, -0.2) is 21.9 Å². The Morgan fingerprint density at radius 1 is 1.21 bits per heavy atom. The molecule has 1 aliphatic heterocycles. The topological polar surface area (TPSA) is 9.23 Å². The van der Waals surface area contributed by atoms with Gasteiger partial charge in [0.15, 0.2) is 0 Å². The van der Waals surface area contributed by atoms with Crippen LogP contribution in [0.4, 0.5) is 0 Å². The smallest absolute Gasteiger partial charge is 0.0887 e. The first-order chi connectivity index (χ1) is 6.84. The molecule has 0 spiro atoms. The van der Waals surface area contributed by atoms with Crippen LogP contribution in [0, 0.1) is 3.57 Å². The third-order valence-corrected chi connectivity index (χ3v) is 5.41. The van der Waals surface area contributed by atoms with Gasteiger partial charge in [-0.1, -0.05) is 17.3 Å². The van der Waals surface area contributed by atoms with Crippen LogP contribution in [0.15, 0.2) is 24.3 Å². The predicted octanol–water partition coefficient (Wildman–Crippen LogP) is 1.61. The SMILES string of the molecule is Ic1ccc([SiH2]C2CCCCO2)cc1. The molecular formula is C11H15IOSi. The second-order valence-electron chi connectivity index (χ2n) is 3.82. The number of rotatable bonds is 2. The first kappa shape index (κ1) is 10.6. The van der Waals surface area contributed by atoms with Crippen molar-refractivity contribution in [2.45, 2.75) is 25.0 Å². The maximum atomic E-state index is 5.77. The van der Waals surface area contributed by atoms with Crippen LogP contribution >= 0.6 is 22.6 Å². The molecule has 0 saturated carbocycles. The van der Waals surface area contributed by atoms with Gasteiger partial charge in [-0.2, -0.15) is 0 Å². The quantitative estimate of drug-likeness (QED) is 0.595. The average molecular weight is 318 g/mol. The molecule has 1 fully saturated rings. The highest BCUT2D eigenvalue weighted by Crippen LogP contribution is 2.11. The normalized spacial score (nSPS) is 23.1. The zero-order valence-electron chi connectivity index (χ0n) is 8.21. The Hall–Kier alpha value is 0.127. The molecule has 76 valence electrons. The minimum atomic E-state index is -0.199. The highest BCUT2D eigenvalue weighted by molar-refractivity contribution is 14.1. The zero-order valence-corrected chi connectivity index (χ0v) is 11.8. The number of hydrogen-bond acceptors (Lipinski definition) is 1. The zero-order chi connectivity index (χ0) is 9.80. The van der Waals surface area contributed by atoms with Gasteiger partial charge in [-0.3, -0.25) is 0 Å².